The standard InChI is InChI=1S/C47H78NO10P/c1-3-5-7-9-11-13-15-17-18-19-20-21-22-23-24-25-27-28-30-32-34-36-38-45(49)55-40-43(41-56-59(53,54)57-42-44(48)47(51)52)58-46(50)39-37-35-33-31-29-26-16-14-12-10-8-6-4-2/h6,8,10,12,14,16,19-20,22-23,26,29,31,33,43-44H,3-5,7,9,11,13,15,17-18,21,24-25,27-28,30,32,34-42,48H2,1-2H3,(H,51,52)(H,53,54)/b8-6+,12-10+,16-14+,20-19+,23-22+,29-26+,33-31+/t43?,44-/m1/s1. The fourth-order valence-corrected chi connectivity index (χ4v) is 6.31. The summed E-state index contributed by atoms with van der Waals surface area (Å²) >= 11 is 0. The van der Waals surface area contributed by atoms with Crippen LogP contribution in [-0.2, 0) is 37.5 Å². The first-order valence-corrected chi connectivity index (χ1v) is 23.7. The number of unbranched alkanes of at least 4 members (excludes halogenated alkanes) is 16. The van der Waals surface area contributed by atoms with Gasteiger partial charge in [-0.05, 0) is 57.8 Å². The normalized spacial score (nSPS) is 14.5. The average molecular weight is 848 g/mol. The van der Waals surface area contributed by atoms with Crippen molar-refractivity contribution >= 4 is 25.7 Å². The van der Waals surface area contributed by atoms with Gasteiger partial charge in [0.2, 0.25) is 0 Å². The SMILES string of the molecule is CC/C=C/C=C/C=C/C=C/C=C/CCCC(=O)OC(COC(=O)CCCCCCCCC/C=C/C/C=C/CCCCCCCCCC)COP(=O)(O)OC[C@@H](N)C(=O)O. The van der Waals surface area contributed by atoms with Gasteiger partial charge in [0.05, 0.1) is 13.2 Å². The van der Waals surface area contributed by atoms with Crippen LogP contribution in [0, 0.1) is 0 Å². The van der Waals surface area contributed by atoms with Crippen molar-refractivity contribution in [1.82, 2.24) is 0 Å². The van der Waals surface area contributed by atoms with E-state index in [2.05, 4.69) is 48.8 Å². The molecule has 11 nitrogen and oxygen atoms in total. The molecular formula is C47H78NO10P. The van der Waals surface area contributed by atoms with Gasteiger partial charge in [-0.25, -0.2) is 4.57 Å². The number of hydrogen-bond acceptors (Lipinski definition) is 9. The minimum Gasteiger partial charge on any atom is -0.480 e. The van der Waals surface area contributed by atoms with Crippen LogP contribution in [0.15, 0.2) is 85.1 Å². The molecule has 3 atom stereocenters. The van der Waals surface area contributed by atoms with Crippen LogP contribution in [0.25, 0.3) is 0 Å². The zero-order valence-corrected chi connectivity index (χ0v) is 37.2. The Labute approximate surface area is 356 Å². The van der Waals surface area contributed by atoms with Crippen molar-refractivity contribution in [2.24, 2.45) is 5.73 Å². The second-order valence-electron chi connectivity index (χ2n) is 14.6. The quantitative estimate of drug-likeness (QED) is 0.0176. The van der Waals surface area contributed by atoms with Gasteiger partial charge >= 0.3 is 25.7 Å². The van der Waals surface area contributed by atoms with Gasteiger partial charge in [0.1, 0.15) is 12.6 Å². The molecule has 0 heterocycles. The maximum absolute atomic E-state index is 12.6. The lowest BCUT2D eigenvalue weighted by Crippen LogP contribution is -2.34. The van der Waals surface area contributed by atoms with E-state index >= 15 is 0 Å². The van der Waals surface area contributed by atoms with Gasteiger partial charge in [-0.15, -0.1) is 0 Å². The molecule has 0 radical (unpaired) electrons. The maximum Gasteiger partial charge on any atom is 0.472 e. The highest BCUT2D eigenvalue weighted by atomic mass is 31.2. The Kier molecular flexibility index (Phi) is 39.1. The van der Waals surface area contributed by atoms with Gasteiger partial charge in [0.15, 0.2) is 6.10 Å². The number of allylic oxidation sites excluding steroid dienone is 14. The van der Waals surface area contributed by atoms with E-state index in [9.17, 15) is 23.8 Å². The summed E-state index contributed by atoms with van der Waals surface area (Å²) < 4.78 is 32.6. The molecule has 0 saturated heterocycles. The number of aliphatic carboxylic acids is 1. The first-order valence-electron chi connectivity index (χ1n) is 22.2. The van der Waals surface area contributed by atoms with E-state index in [1.54, 1.807) is 0 Å². The molecule has 0 saturated carbocycles. The third-order valence-corrected chi connectivity index (χ3v) is 9.96. The summed E-state index contributed by atoms with van der Waals surface area (Å²) in [6.07, 6.45) is 51.0. The molecule has 59 heavy (non-hydrogen) atoms. The molecule has 12 heteroatoms. The third-order valence-electron chi connectivity index (χ3n) is 9.01. The van der Waals surface area contributed by atoms with Gasteiger partial charge < -0.3 is 25.2 Å². The van der Waals surface area contributed by atoms with Crippen molar-refractivity contribution < 1.29 is 47.5 Å². The van der Waals surface area contributed by atoms with Crippen LogP contribution in [0.5, 0.6) is 0 Å². The summed E-state index contributed by atoms with van der Waals surface area (Å²) in [5.41, 5.74) is 5.32. The summed E-state index contributed by atoms with van der Waals surface area (Å²) in [6, 6.07) is -1.54. The van der Waals surface area contributed by atoms with Crippen LogP contribution in [-0.4, -0.2) is 59.9 Å². The average Bonchev–Trinajstić information content (AvgIpc) is 3.21. The molecule has 0 aromatic heterocycles. The number of carboxylic acid groups (broad SMARTS) is 1. The Morgan fingerprint density at radius 2 is 1.03 bits per heavy atom. The molecule has 4 N–H and O–H groups in total. The number of carbonyl (C=O) groups is 3. The Balaban J connectivity index is 4.39. The molecule has 0 aliphatic carbocycles. The predicted molar refractivity (Wildman–Crippen MR) is 240 cm³/mol. The molecular weight excluding hydrogens is 769 g/mol. The van der Waals surface area contributed by atoms with Crippen LogP contribution in [0.3, 0.4) is 0 Å². The van der Waals surface area contributed by atoms with Crippen molar-refractivity contribution in [3.63, 3.8) is 0 Å². The van der Waals surface area contributed by atoms with E-state index in [4.69, 9.17) is 24.8 Å². The second-order valence-corrected chi connectivity index (χ2v) is 16.0. The number of phosphoric ester groups is 1. The number of hydrogen-bond donors (Lipinski definition) is 3. The Morgan fingerprint density at radius 3 is 1.59 bits per heavy atom. The topological polar surface area (TPSA) is 172 Å². The van der Waals surface area contributed by atoms with Gasteiger partial charge in [-0.2, -0.15) is 0 Å². The van der Waals surface area contributed by atoms with E-state index in [0.29, 0.717) is 19.3 Å². The first kappa shape index (κ1) is 55.7. The smallest absolute Gasteiger partial charge is 0.472 e. The summed E-state index contributed by atoms with van der Waals surface area (Å²) in [7, 11) is -4.74. The molecule has 0 aromatic rings. The molecule has 0 aromatic carbocycles. The van der Waals surface area contributed by atoms with E-state index < -0.39 is 51.1 Å². The van der Waals surface area contributed by atoms with Gasteiger partial charge in [0, 0.05) is 12.8 Å². The number of carbonyl (C=O) groups excluding carboxylic acids is 2. The molecule has 0 spiro atoms. The Bertz CT molecular complexity index is 1320. The van der Waals surface area contributed by atoms with Crippen LogP contribution < -0.4 is 5.73 Å². The van der Waals surface area contributed by atoms with Gasteiger partial charge in [-0.3, -0.25) is 23.4 Å². The van der Waals surface area contributed by atoms with Crippen LogP contribution in [0.1, 0.15) is 162 Å². The highest BCUT2D eigenvalue weighted by molar-refractivity contribution is 7.47. The summed E-state index contributed by atoms with van der Waals surface area (Å²) in [5, 5.41) is 8.88. The van der Waals surface area contributed by atoms with E-state index in [1.807, 2.05) is 54.7 Å². The van der Waals surface area contributed by atoms with E-state index in [0.717, 1.165) is 44.9 Å². The number of esters is 2. The molecule has 0 amide bonds. The monoisotopic (exact) mass is 848 g/mol. The van der Waals surface area contributed by atoms with Crippen molar-refractivity contribution in [3.05, 3.63) is 85.1 Å². The lowest BCUT2D eigenvalue weighted by molar-refractivity contribution is -0.161. The number of ether oxygens (including phenoxy) is 2. The third kappa shape index (κ3) is 41.2. The lowest BCUT2D eigenvalue weighted by atomic mass is 10.1. The molecule has 2 unspecified atom stereocenters. The van der Waals surface area contributed by atoms with Crippen molar-refractivity contribution in [2.45, 2.75) is 174 Å². The first-order chi connectivity index (χ1) is 28.6. The molecule has 0 rings (SSSR count). The van der Waals surface area contributed by atoms with E-state index in [-0.39, 0.29) is 19.4 Å². The van der Waals surface area contributed by atoms with Gasteiger partial charge in [-0.1, -0.05) is 176 Å². The minimum absolute atomic E-state index is 0.0585. The fraction of sp³-hybridized carbons (Fsp3) is 0.638. The van der Waals surface area contributed by atoms with Crippen LogP contribution in [0.4, 0.5) is 0 Å². The Hall–Kier alpha value is -3.34. The molecule has 0 aliphatic rings. The maximum atomic E-state index is 12.6. The van der Waals surface area contributed by atoms with Crippen LogP contribution >= 0.6 is 7.82 Å². The summed E-state index contributed by atoms with van der Waals surface area (Å²) in [4.78, 5) is 45.9. The molecule has 0 bridgehead atoms. The number of rotatable bonds is 40. The lowest BCUT2D eigenvalue weighted by Gasteiger charge is -2.20. The highest BCUT2D eigenvalue weighted by Gasteiger charge is 2.28. The molecule has 0 aliphatic heterocycles. The minimum atomic E-state index is -4.74. The fourth-order valence-electron chi connectivity index (χ4n) is 5.54. The van der Waals surface area contributed by atoms with Crippen molar-refractivity contribution in [2.75, 3.05) is 19.8 Å². The largest absolute Gasteiger partial charge is 0.480 e. The zero-order chi connectivity index (χ0) is 43.5. The number of nitrogens with two attached hydrogens (primary N) is 1. The zero-order valence-electron chi connectivity index (χ0n) is 36.3. The molecule has 0 fully saturated rings. The highest BCUT2D eigenvalue weighted by Crippen LogP contribution is 2.43. The van der Waals surface area contributed by atoms with Crippen molar-refractivity contribution in [1.29, 1.82) is 0 Å². The number of phosphoric acid groups is 1. The van der Waals surface area contributed by atoms with Crippen LogP contribution in [0.2, 0.25) is 0 Å². The van der Waals surface area contributed by atoms with Gasteiger partial charge in [0.25, 0.3) is 0 Å². The van der Waals surface area contributed by atoms with E-state index in [1.165, 1.54) is 70.6 Å². The number of carboxylic acids is 1. The molecule has 336 valence electrons. The Morgan fingerprint density at radius 1 is 0.559 bits per heavy atom. The predicted octanol–water partition coefficient (Wildman–Crippen LogP) is 11.9. The summed E-state index contributed by atoms with van der Waals surface area (Å²) in [6.45, 7) is 2.56. The summed E-state index contributed by atoms with van der Waals surface area (Å²) in [5.74, 6) is -2.50. The second kappa shape index (κ2) is 41.4. The van der Waals surface area contributed by atoms with Crippen molar-refractivity contribution in [3.8, 4) is 0 Å².